The van der Waals surface area contributed by atoms with E-state index in [1.807, 2.05) is 23.1 Å². The molecule has 1 atom stereocenters. The van der Waals surface area contributed by atoms with E-state index >= 15 is 0 Å². The van der Waals surface area contributed by atoms with Crippen molar-refractivity contribution in [2.75, 3.05) is 31.1 Å². The van der Waals surface area contributed by atoms with E-state index in [1.165, 1.54) is 0 Å². The number of nitrogens with one attached hydrogen (secondary N) is 2. The number of H-pyrrole nitrogens is 1. The van der Waals surface area contributed by atoms with E-state index in [-0.39, 0.29) is 24.5 Å². The Labute approximate surface area is 337 Å². The molecule has 8 rings (SSSR count). The van der Waals surface area contributed by atoms with Crippen molar-refractivity contribution in [3.05, 3.63) is 105 Å². The molecule has 5 amide bonds. The number of fused-ring (bicyclic) bond motifs is 5. The van der Waals surface area contributed by atoms with Crippen molar-refractivity contribution in [2.24, 2.45) is 0 Å². The fourth-order valence-electron chi connectivity index (χ4n) is 9.41. The Kier molecular flexibility index (Phi) is 10.3. The molecule has 3 aliphatic heterocycles. The first-order chi connectivity index (χ1) is 27.9. The van der Waals surface area contributed by atoms with Crippen LogP contribution in [0.5, 0.6) is 0 Å². The third-order valence-corrected chi connectivity index (χ3v) is 12.6. The van der Waals surface area contributed by atoms with Crippen LogP contribution in [0.1, 0.15) is 131 Å². The lowest BCUT2D eigenvalue weighted by molar-refractivity contribution is -0.136. The minimum atomic E-state index is -0.979. The van der Waals surface area contributed by atoms with Crippen LogP contribution in [0.25, 0.3) is 15.7 Å². The molecule has 4 aromatic rings. The van der Waals surface area contributed by atoms with Crippen molar-refractivity contribution in [3.63, 3.8) is 0 Å². The number of carbonyl (C=O) groups is 6. The second-order valence-electron chi connectivity index (χ2n) is 16.5. The number of rotatable bonds is 11. The van der Waals surface area contributed by atoms with Gasteiger partial charge in [0.15, 0.2) is 11.5 Å². The van der Waals surface area contributed by atoms with E-state index in [2.05, 4.69) is 52.9 Å². The van der Waals surface area contributed by atoms with Crippen LogP contribution in [0.15, 0.2) is 48.5 Å². The molecule has 4 aliphatic rings. The first kappa shape index (κ1) is 38.8. The number of anilines is 1. The van der Waals surface area contributed by atoms with Crippen molar-refractivity contribution >= 4 is 57.6 Å². The van der Waals surface area contributed by atoms with Crippen molar-refractivity contribution in [1.29, 1.82) is 0 Å². The van der Waals surface area contributed by atoms with Gasteiger partial charge in [-0.3, -0.25) is 39.0 Å². The Morgan fingerprint density at radius 2 is 1.62 bits per heavy atom. The number of nitrogens with zero attached hydrogens (tertiary/aromatic N) is 4. The van der Waals surface area contributed by atoms with Crippen LogP contribution in [-0.2, 0) is 32.6 Å². The van der Waals surface area contributed by atoms with Crippen molar-refractivity contribution in [2.45, 2.75) is 96.4 Å². The fraction of sp³-hybridized carbons (Fsp3) is 0.413. The SMILES string of the molecule is [C-]#[N+]c1ccc2c3c([nH]c2c1)C(C)(C)c1cc(N2CCN(C(=O)CCCCCCCc4cccc5c4C(=O)N(C4CCC(=O)NC4=O)C5=O)CC2)c(CC)cc1C3=O. The molecule has 0 saturated carbocycles. The van der Waals surface area contributed by atoms with Gasteiger partial charge in [0, 0.05) is 72.3 Å². The lowest BCUT2D eigenvalue weighted by Gasteiger charge is -2.39. The molecule has 12 heteroatoms. The van der Waals surface area contributed by atoms with E-state index in [9.17, 15) is 28.8 Å². The highest BCUT2D eigenvalue weighted by Crippen LogP contribution is 2.46. The quantitative estimate of drug-likeness (QED) is 0.0970. The number of aryl methyl sites for hydroxylation is 2. The van der Waals surface area contributed by atoms with Gasteiger partial charge in [-0.1, -0.05) is 64.3 Å². The lowest BCUT2D eigenvalue weighted by Crippen LogP contribution is -2.54. The summed E-state index contributed by atoms with van der Waals surface area (Å²) in [5.74, 6) is -1.79. The van der Waals surface area contributed by atoms with Crippen LogP contribution in [0, 0.1) is 6.57 Å². The Morgan fingerprint density at radius 1 is 0.862 bits per heavy atom. The average molecular weight is 781 g/mol. The lowest BCUT2D eigenvalue weighted by atomic mass is 9.70. The molecule has 3 aromatic carbocycles. The number of imide groups is 2. The number of amides is 5. The molecule has 2 fully saturated rings. The van der Waals surface area contributed by atoms with Gasteiger partial charge < -0.3 is 14.8 Å². The highest BCUT2D eigenvalue weighted by molar-refractivity contribution is 6.24. The third kappa shape index (κ3) is 6.66. The monoisotopic (exact) mass is 780 g/mol. The zero-order valence-electron chi connectivity index (χ0n) is 33.3. The van der Waals surface area contributed by atoms with Gasteiger partial charge in [-0.05, 0) is 73.1 Å². The van der Waals surface area contributed by atoms with E-state index in [0.29, 0.717) is 61.4 Å². The first-order valence-electron chi connectivity index (χ1n) is 20.5. The van der Waals surface area contributed by atoms with E-state index in [4.69, 9.17) is 6.57 Å². The highest BCUT2D eigenvalue weighted by Gasteiger charge is 2.45. The minimum absolute atomic E-state index is 0.0106. The number of benzene rings is 3. The number of aromatic amines is 1. The smallest absolute Gasteiger partial charge is 0.262 e. The number of carbonyl (C=O) groups excluding carboxylic acids is 6. The molecule has 0 spiro atoms. The Bertz CT molecular complexity index is 2450. The predicted molar refractivity (Wildman–Crippen MR) is 219 cm³/mol. The molecule has 1 aromatic heterocycles. The second-order valence-corrected chi connectivity index (χ2v) is 16.5. The molecule has 2 saturated heterocycles. The van der Waals surface area contributed by atoms with Gasteiger partial charge in [0.2, 0.25) is 17.7 Å². The number of piperazine rings is 1. The van der Waals surface area contributed by atoms with Gasteiger partial charge in [0.05, 0.1) is 23.3 Å². The Hall–Kier alpha value is -6.09. The topological polar surface area (TPSA) is 144 Å². The van der Waals surface area contributed by atoms with Gasteiger partial charge in [-0.15, -0.1) is 0 Å². The van der Waals surface area contributed by atoms with Gasteiger partial charge in [0.25, 0.3) is 11.8 Å². The summed E-state index contributed by atoms with van der Waals surface area (Å²) >= 11 is 0. The summed E-state index contributed by atoms with van der Waals surface area (Å²) in [5.41, 5.74) is 7.86. The maximum Gasteiger partial charge on any atom is 0.262 e. The van der Waals surface area contributed by atoms with Crippen molar-refractivity contribution in [1.82, 2.24) is 20.1 Å². The van der Waals surface area contributed by atoms with Gasteiger partial charge in [0.1, 0.15) is 6.04 Å². The molecule has 0 radical (unpaired) electrons. The van der Waals surface area contributed by atoms with Crippen molar-refractivity contribution in [3.8, 4) is 0 Å². The van der Waals surface area contributed by atoms with Crippen LogP contribution in [-0.4, -0.2) is 82.3 Å². The number of hydrogen-bond donors (Lipinski definition) is 2. The van der Waals surface area contributed by atoms with Gasteiger partial charge in [-0.2, -0.15) is 0 Å². The minimum Gasteiger partial charge on any atom is -0.368 e. The largest absolute Gasteiger partial charge is 0.368 e. The predicted octanol–water partition coefficient (Wildman–Crippen LogP) is 6.78. The Morgan fingerprint density at radius 3 is 2.36 bits per heavy atom. The number of unbranched alkanes of at least 4 members (excludes halogenated alkanes) is 4. The Balaban J connectivity index is 0.820. The summed E-state index contributed by atoms with van der Waals surface area (Å²) in [6.07, 6.45) is 6.53. The van der Waals surface area contributed by atoms with E-state index < -0.39 is 35.1 Å². The highest BCUT2D eigenvalue weighted by atomic mass is 16.2. The summed E-state index contributed by atoms with van der Waals surface area (Å²) in [6, 6.07) is 14.0. The summed E-state index contributed by atoms with van der Waals surface area (Å²) in [5, 5.41) is 3.09. The molecular weight excluding hydrogens is 733 g/mol. The number of hydrogen-bond acceptors (Lipinski definition) is 7. The number of aromatic nitrogens is 1. The van der Waals surface area contributed by atoms with Crippen LogP contribution in [0.4, 0.5) is 11.4 Å². The zero-order chi connectivity index (χ0) is 40.9. The number of ketones is 1. The standard InChI is InChI=1S/C46H48N6O6/c1-5-27-24-32-33(46(2,3)42-40(41(32)55)30-17-16-29(47-4)25-34(30)48-42)26-36(27)50-20-22-51(23-21-50)38(54)15-10-8-6-7-9-12-28-13-11-14-31-39(28)45(58)52(44(31)57)35-18-19-37(53)49-43(35)56/h11,13-14,16-17,24-26,35,48H,5-10,12,15,18-23H2,1-3H3,(H,49,53,56). The van der Waals surface area contributed by atoms with Gasteiger partial charge in [-0.25, -0.2) is 4.85 Å². The molecule has 0 bridgehead atoms. The summed E-state index contributed by atoms with van der Waals surface area (Å²) in [4.78, 5) is 90.3. The maximum absolute atomic E-state index is 14.1. The van der Waals surface area contributed by atoms with Crippen molar-refractivity contribution < 1.29 is 28.8 Å². The molecule has 1 aliphatic carbocycles. The fourth-order valence-corrected chi connectivity index (χ4v) is 9.41. The number of piperidine rings is 1. The summed E-state index contributed by atoms with van der Waals surface area (Å²) in [7, 11) is 0. The van der Waals surface area contributed by atoms with Crippen LogP contribution in [0.2, 0.25) is 0 Å². The normalized spacial score (nSPS) is 18.6. The van der Waals surface area contributed by atoms with E-state index in [0.717, 1.165) is 88.0 Å². The molecule has 298 valence electrons. The maximum atomic E-state index is 14.1. The van der Waals surface area contributed by atoms with E-state index in [1.54, 1.807) is 18.2 Å². The molecular formula is C46H48N6O6. The molecule has 12 nitrogen and oxygen atoms in total. The third-order valence-electron chi connectivity index (χ3n) is 12.6. The molecule has 2 N–H and O–H groups in total. The molecule has 4 heterocycles. The summed E-state index contributed by atoms with van der Waals surface area (Å²) in [6.45, 7) is 16.5. The van der Waals surface area contributed by atoms with Crippen LogP contribution in [0.3, 0.4) is 0 Å². The average Bonchev–Trinajstić information content (AvgIpc) is 3.74. The van der Waals surface area contributed by atoms with Crippen LogP contribution < -0.4 is 10.2 Å². The van der Waals surface area contributed by atoms with Gasteiger partial charge >= 0.3 is 0 Å². The summed E-state index contributed by atoms with van der Waals surface area (Å²) < 4.78 is 0. The second kappa shape index (κ2) is 15.3. The zero-order valence-corrected chi connectivity index (χ0v) is 33.3. The molecule has 1 unspecified atom stereocenters. The van der Waals surface area contributed by atoms with Crippen LogP contribution >= 0.6 is 0 Å². The molecule has 58 heavy (non-hydrogen) atoms. The first-order valence-corrected chi connectivity index (χ1v) is 20.5.